The Bertz CT molecular complexity index is 369. The number of aromatic nitrogens is 3. The molecule has 0 radical (unpaired) electrons. The van der Waals surface area contributed by atoms with Crippen LogP contribution in [0.2, 0.25) is 0 Å². The smallest absolute Gasteiger partial charge is 0.225 e. The molecule has 0 aliphatic carbocycles. The Kier molecular flexibility index (Phi) is 6.17. The molecule has 7 heteroatoms. The number of anilines is 1. The van der Waals surface area contributed by atoms with Gasteiger partial charge in [0.05, 0.1) is 13.2 Å². The van der Waals surface area contributed by atoms with Gasteiger partial charge in [0.1, 0.15) is 0 Å². The molecule has 1 aromatic heterocycles. The van der Waals surface area contributed by atoms with Crippen LogP contribution in [0.25, 0.3) is 0 Å². The summed E-state index contributed by atoms with van der Waals surface area (Å²) in [5.74, 6) is 0.839. The zero-order valence-corrected chi connectivity index (χ0v) is 11.4. The van der Waals surface area contributed by atoms with Crippen molar-refractivity contribution in [3.63, 3.8) is 0 Å². The van der Waals surface area contributed by atoms with Crippen LogP contribution in [-0.2, 0) is 16.0 Å². The van der Waals surface area contributed by atoms with Crippen LogP contribution in [0.1, 0.15) is 6.92 Å². The predicted octanol–water partition coefficient (Wildman–Crippen LogP) is 1.06. The van der Waals surface area contributed by atoms with E-state index in [9.17, 15) is 0 Å². The van der Waals surface area contributed by atoms with Crippen LogP contribution in [-0.4, -0.2) is 55.3 Å². The summed E-state index contributed by atoms with van der Waals surface area (Å²) in [6, 6.07) is 0. The van der Waals surface area contributed by atoms with Crippen LogP contribution < -0.4 is 4.90 Å². The third-order valence-corrected chi connectivity index (χ3v) is 2.78. The SMILES string of the molecule is CCn1c(N(CCOC)CCOC)n[nH]c1=S. The zero-order chi connectivity index (χ0) is 12.7. The van der Waals surface area contributed by atoms with E-state index in [2.05, 4.69) is 15.1 Å². The van der Waals surface area contributed by atoms with Gasteiger partial charge in [-0.1, -0.05) is 0 Å². The molecule has 0 aliphatic rings. The normalized spacial score (nSPS) is 10.8. The van der Waals surface area contributed by atoms with Crippen molar-refractivity contribution in [2.24, 2.45) is 0 Å². The average Bonchev–Trinajstić information content (AvgIpc) is 2.70. The first-order valence-corrected chi connectivity index (χ1v) is 6.03. The molecule has 1 rings (SSSR count). The molecular formula is C10H20N4O2S. The molecular weight excluding hydrogens is 240 g/mol. The minimum absolute atomic E-state index is 0.641. The summed E-state index contributed by atoms with van der Waals surface area (Å²) >= 11 is 5.17. The monoisotopic (exact) mass is 260 g/mol. The molecule has 0 unspecified atom stereocenters. The number of ether oxygens (including phenoxy) is 2. The summed E-state index contributed by atoms with van der Waals surface area (Å²) < 4.78 is 12.8. The van der Waals surface area contributed by atoms with Gasteiger partial charge in [-0.25, -0.2) is 5.10 Å². The van der Waals surface area contributed by atoms with Crippen molar-refractivity contribution >= 4 is 18.2 Å². The lowest BCUT2D eigenvalue weighted by atomic mass is 10.5. The predicted molar refractivity (Wildman–Crippen MR) is 69.1 cm³/mol. The Morgan fingerprint density at radius 2 is 1.88 bits per heavy atom. The van der Waals surface area contributed by atoms with Crippen molar-refractivity contribution in [2.75, 3.05) is 45.4 Å². The van der Waals surface area contributed by atoms with E-state index >= 15 is 0 Å². The molecule has 0 amide bonds. The van der Waals surface area contributed by atoms with E-state index in [0.29, 0.717) is 18.0 Å². The molecule has 1 heterocycles. The fourth-order valence-electron chi connectivity index (χ4n) is 1.55. The summed E-state index contributed by atoms with van der Waals surface area (Å²) in [5, 5.41) is 7.07. The van der Waals surface area contributed by atoms with Crippen LogP contribution in [0.4, 0.5) is 5.95 Å². The second-order valence-electron chi connectivity index (χ2n) is 3.55. The minimum Gasteiger partial charge on any atom is -0.383 e. The highest BCUT2D eigenvalue weighted by Crippen LogP contribution is 2.10. The van der Waals surface area contributed by atoms with Crippen molar-refractivity contribution in [2.45, 2.75) is 13.5 Å². The van der Waals surface area contributed by atoms with E-state index < -0.39 is 0 Å². The average molecular weight is 260 g/mol. The van der Waals surface area contributed by atoms with Gasteiger partial charge in [-0.15, -0.1) is 5.10 Å². The number of aromatic amines is 1. The quantitative estimate of drug-likeness (QED) is 0.708. The van der Waals surface area contributed by atoms with Gasteiger partial charge >= 0.3 is 0 Å². The second kappa shape index (κ2) is 7.41. The van der Waals surface area contributed by atoms with Crippen molar-refractivity contribution in [3.8, 4) is 0 Å². The van der Waals surface area contributed by atoms with E-state index in [4.69, 9.17) is 21.7 Å². The maximum absolute atomic E-state index is 5.17. The van der Waals surface area contributed by atoms with Gasteiger partial charge in [0.2, 0.25) is 5.95 Å². The third-order valence-electron chi connectivity index (χ3n) is 2.47. The number of hydrogen-bond donors (Lipinski definition) is 1. The van der Waals surface area contributed by atoms with Crippen molar-refractivity contribution in [1.29, 1.82) is 0 Å². The molecule has 1 N–H and O–H groups in total. The highest BCUT2D eigenvalue weighted by atomic mass is 32.1. The number of H-pyrrole nitrogens is 1. The lowest BCUT2D eigenvalue weighted by molar-refractivity contribution is 0.189. The first-order valence-electron chi connectivity index (χ1n) is 5.62. The van der Waals surface area contributed by atoms with Crippen molar-refractivity contribution in [1.82, 2.24) is 14.8 Å². The van der Waals surface area contributed by atoms with Crippen molar-refractivity contribution < 1.29 is 9.47 Å². The number of nitrogens with one attached hydrogen (secondary N) is 1. The lowest BCUT2D eigenvalue weighted by Gasteiger charge is -2.22. The molecule has 0 atom stereocenters. The number of methoxy groups -OCH3 is 2. The van der Waals surface area contributed by atoms with Gasteiger partial charge in [0.15, 0.2) is 4.77 Å². The molecule has 0 aliphatic heterocycles. The van der Waals surface area contributed by atoms with E-state index in [0.717, 1.165) is 25.6 Å². The summed E-state index contributed by atoms with van der Waals surface area (Å²) in [6.45, 7) is 5.65. The van der Waals surface area contributed by atoms with Gasteiger partial charge in [-0.05, 0) is 19.1 Å². The van der Waals surface area contributed by atoms with E-state index in [1.54, 1.807) is 14.2 Å². The highest BCUT2D eigenvalue weighted by molar-refractivity contribution is 7.71. The maximum Gasteiger partial charge on any atom is 0.225 e. The Labute approximate surface area is 107 Å². The van der Waals surface area contributed by atoms with E-state index in [-0.39, 0.29) is 0 Å². The summed E-state index contributed by atoms with van der Waals surface area (Å²) in [6.07, 6.45) is 0. The van der Waals surface area contributed by atoms with Gasteiger partial charge in [-0.2, -0.15) is 0 Å². The lowest BCUT2D eigenvalue weighted by Crippen LogP contribution is -2.33. The Balaban J connectivity index is 2.82. The largest absolute Gasteiger partial charge is 0.383 e. The van der Waals surface area contributed by atoms with Crippen LogP contribution >= 0.6 is 12.2 Å². The van der Waals surface area contributed by atoms with Crippen molar-refractivity contribution in [3.05, 3.63) is 4.77 Å². The topological polar surface area (TPSA) is 55.3 Å². The first kappa shape index (κ1) is 14.1. The Hall–Kier alpha value is -0.920. The molecule has 6 nitrogen and oxygen atoms in total. The van der Waals surface area contributed by atoms with Gasteiger partial charge in [0.25, 0.3) is 0 Å². The fraction of sp³-hybridized carbons (Fsp3) is 0.800. The summed E-state index contributed by atoms with van der Waals surface area (Å²) in [5.41, 5.74) is 0. The molecule has 0 aromatic carbocycles. The first-order chi connectivity index (χ1) is 8.24. The molecule has 17 heavy (non-hydrogen) atoms. The molecule has 1 aromatic rings. The second-order valence-corrected chi connectivity index (χ2v) is 3.93. The van der Waals surface area contributed by atoms with Gasteiger partial charge < -0.3 is 14.4 Å². The molecule has 0 bridgehead atoms. The fourth-order valence-corrected chi connectivity index (χ4v) is 1.81. The van der Waals surface area contributed by atoms with Crippen LogP contribution in [0.15, 0.2) is 0 Å². The molecule has 0 saturated carbocycles. The van der Waals surface area contributed by atoms with Gasteiger partial charge in [0, 0.05) is 33.9 Å². The Morgan fingerprint density at radius 3 is 2.35 bits per heavy atom. The summed E-state index contributed by atoms with van der Waals surface area (Å²) in [4.78, 5) is 2.10. The number of rotatable bonds is 8. The highest BCUT2D eigenvalue weighted by Gasteiger charge is 2.13. The number of nitrogens with zero attached hydrogens (tertiary/aromatic N) is 3. The number of hydrogen-bond acceptors (Lipinski definition) is 5. The Morgan fingerprint density at radius 1 is 1.29 bits per heavy atom. The van der Waals surface area contributed by atoms with Crippen LogP contribution in [0, 0.1) is 4.77 Å². The molecule has 0 saturated heterocycles. The van der Waals surface area contributed by atoms with E-state index in [1.165, 1.54) is 0 Å². The maximum atomic E-state index is 5.17. The van der Waals surface area contributed by atoms with E-state index in [1.807, 2.05) is 11.5 Å². The third kappa shape index (κ3) is 3.79. The molecule has 0 fully saturated rings. The molecule has 0 spiro atoms. The molecule has 98 valence electrons. The summed E-state index contributed by atoms with van der Waals surface area (Å²) in [7, 11) is 3.37. The zero-order valence-electron chi connectivity index (χ0n) is 10.6. The van der Waals surface area contributed by atoms with Gasteiger partial charge in [-0.3, -0.25) is 4.57 Å². The van der Waals surface area contributed by atoms with Crippen LogP contribution in [0.3, 0.4) is 0 Å². The van der Waals surface area contributed by atoms with Crippen LogP contribution in [0.5, 0.6) is 0 Å². The standard InChI is InChI=1S/C10H20N4O2S/c1-4-14-9(11-12-10(14)17)13(5-7-15-2)6-8-16-3/h4-8H2,1-3H3,(H,12,17). The minimum atomic E-state index is 0.641.